The molecule has 0 atom stereocenters. The monoisotopic (exact) mass is 534 g/mol. The van der Waals surface area contributed by atoms with Crippen LogP contribution >= 0.6 is 0 Å². The molecule has 0 aliphatic heterocycles. The van der Waals surface area contributed by atoms with Crippen molar-refractivity contribution in [1.82, 2.24) is 0 Å². The fourth-order valence-electron chi connectivity index (χ4n) is 3.62. The molecule has 3 aromatic carbocycles. The van der Waals surface area contributed by atoms with Crippen LogP contribution in [0.4, 0.5) is 11.4 Å². The minimum atomic E-state index is -0.903. The van der Waals surface area contributed by atoms with Gasteiger partial charge in [0.2, 0.25) is 0 Å². The van der Waals surface area contributed by atoms with Crippen LogP contribution in [0.25, 0.3) is 0 Å². The summed E-state index contributed by atoms with van der Waals surface area (Å²) in [6, 6.07) is 22.0. The van der Waals surface area contributed by atoms with Gasteiger partial charge in [-0.25, -0.2) is 4.79 Å². The summed E-state index contributed by atoms with van der Waals surface area (Å²) in [6.45, 7) is 5.84. The number of benzene rings is 3. The molecule has 0 amide bonds. The van der Waals surface area contributed by atoms with Crippen LogP contribution in [0.1, 0.15) is 52.0 Å². The van der Waals surface area contributed by atoms with Gasteiger partial charge in [-0.15, -0.1) is 0 Å². The van der Waals surface area contributed by atoms with Crippen molar-refractivity contribution in [2.24, 2.45) is 5.92 Å². The molecule has 0 N–H and O–H groups in total. The molecule has 0 fully saturated rings. The summed E-state index contributed by atoms with van der Waals surface area (Å²) in [5.41, 5.74) is -0.665. The zero-order valence-electron chi connectivity index (χ0n) is 22.4. The number of allylic oxidation sites excluding steroid dienone is 1. The highest BCUT2D eigenvalue weighted by Crippen LogP contribution is 2.38. The summed E-state index contributed by atoms with van der Waals surface area (Å²) < 4.78 is 10.4. The summed E-state index contributed by atoms with van der Waals surface area (Å²) in [7, 11) is 0. The second-order valence-electron chi connectivity index (χ2n) is 9.12. The molecule has 0 saturated carbocycles. The standard InChI is InChI=1S/C18H24N2O6.C12H10O/c1-4-8-17(21)26-18-15(19(22)23)11-14(12-16(18)20(24)25)10-7-5-6-9-13(2)3;1-3-7-11(8-4-1)13-12-9-5-2-6-10-12/h4,8,11-13H,5-7,9-10H2,1-3H3;1-10H/b8-4-;. The summed E-state index contributed by atoms with van der Waals surface area (Å²) in [5, 5.41) is 22.6. The number of carbonyl (C=O) groups excluding carboxylic acids is 1. The highest BCUT2D eigenvalue weighted by Gasteiger charge is 2.30. The van der Waals surface area contributed by atoms with Crippen molar-refractivity contribution in [3.05, 3.63) is 111 Å². The first-order valence-corrected chi connectivity index (χ1v) is 12.8. The van der Waals surface area contributed by atoms with E-state index in [1.165, 1.54) is 18.2 Å². The number of ether oxygens (including phenoxy) is 2. The SMILES string of the molecule is C/C=C\C(=O)Oc1c([N+](=O)[O-])cc(CCCCCC(C)C)cc1[N+](=O)[O-].c1ccc(Oc2ccccc2)cc1. The van der Waals surface area contributed by atoms with Crippen LogP contribution in [-0.4, -0.2) is 15.8 Å². The zero-order chi connectivity index (χ0) is 28.6. The average molecular weight is 535 g/mol. The van der Waals surface area contributed by atoms with Gasteiger partial charge >= 0.3 is 17.3 Å². The number of nitro groups is 2. The van der Waals surface area contributed by atoms with Crippen molar-refractivity contribution < 1.29 is 24.1 Å². The molecule has 39 heavy (non-hydrogen) atoms. The van der Waals surface area contributed by atoms with Crippen LogP contribution < -0.4 is 9.47 Å². The maximum absolute atomic E-state index is 11.6. The van der Waals surface area contributed by atoms with Gasteiger partial charge in [0.05, 0.1) is 9.85 Å². The summed E-state index contributed by atoms with van der Waals surface area (Å²) >= 11 is 0. The maximum atomic E-state index is 11.6. The maximum Gasteiger partial charge on any atom is 0.336 e. The number of para-hydroxylation sites is 2. The second-order valence-corrected chi connectivity index (χ2v) is 9.12. The van der Waals surface area contributed by atoms with Crippen molar-refractivity contribution >= 4 is 17.3 Å². The Kier molecular flexibility index (Phi) is 12.9. The van der Waals surface area contributed by atoms with Gasteiger partial charge in [-0.05, 0) is 55.5 Å². The molecule has 9 heteroatoms. The van der Waals surface area contributed by atoms with E-state index in [2.05, 4.69) is 13.8 Å². The predicted molar refractivity (Wildman–Crippen MR) is 150 cm³/mol. The van der Waals surface area contributed by atoms with E-state index in [1.807, 2.05) is 60.7 Å². The molecule has 0 aromatic heterocycles. The smallest absolute Gasteiger partial charge is 0.336 e. The predicted octanol–water partition coefficient (Wildman–Crippen LogP) is 8.22. The zero-order valence-corrected chi connectivity index (χ0v) is 22.4. The van der Waals surface area contributed by atoms with E-state index in [0.717, 1.165) is 43.3 Å². The number of esters is 1. The highest BCUT2D eigenvalue weighted by molar-refractivity contribution is 5.86. The van der Waals surface area contributed by atoms with Gasteiger partial charge in [0.1, 0.15) is 11.5 Å². The third kappa shape index (κ3) is 11.2. The largest absolute Gasteiger partial charge is 0.457 e. The normalized spacial score (nSPS) is 10.6. The molecule has 206 valence electrons. The van der Waals surface area contributed by atoms with Crippen molar-refractivity contribution in [3.8, 4) is 17.2 Å². The number of nitrogens with zero attached hydrogens (tertiary/aromatic N) is 2. The number of carbonyl (C=O) groups is 1. The van der Waals surface area contributed by atoms with Gasteiger partial charge < -0.3 is 9.47 Å². The van der Waals surface area contributed by atoms with Gasteiger partial charge in [0.15, 0.2) is 0 Å². The minimum absolute atomic E-state index is 0.485. The Bertz CT molecular complexity index is 1170. The van der Waals surface area contributed by atoms with Gasteiger partial charge in [-0.3, -0.25) is 20.2 Å². The molecule has 0 unspecified atom stereocenters. The second kappa shape index (κ2) is 16.3. The molecule has 9 nitrogen and oxygen atoms in total. The number of rotatable bonds is 12. The number of aryl methyl sites for hydroxylation is 1. The quantitative estimate of drug-likeness (QED) is 0.0573. The van der Waals surface area contributed by atoms with Crippen LogP contribution in [0.5, 0.6) is 17.2 Å². The van der Waals surface area contributed by atoms with E-state index >= 15 is 0 Å². The van der Waals surface area contributed by atoms with E-state index in [9.17, 15) is 25.0 Å². The molecule has 0 aliphatic carbocycles. The number of nitro benzene ring substituents is 2. The lowest BCUT2D eigenvalue weighted by Gasteiger charge is -2.08. The molecule has 3 rings (SSSR count). The van der Waals surface area contributed by atoms with Crippen LogP contribution in [0.15, 0.2) is 84.9 Å². The van der Waals surface area contributed by atoms with Crippen LogP contribution in [0.3, 0.4) is 0 Å². The molecule has 0 heterocycles. The minimum Gasteiger partial charge on any atom is -0.457 e. The molecular weight excluding hydrogens is 500 g/mol. The molecule has 0 saturated heterocycles. The Morgan fingerprint density at radius 1 is 0.846 bits per heavy atom. The average Bonchev–Trinajstić information content (AvgIpc) is 2.90. The van der Waals surface area contributed by atoms with Gasteiger partial charge in [-0.2, -0.15) is 0 Å². The fourth-order valence-corrected chi connectivity index (χ4v) is 3.62. The molecule has 3 aromatic rings. The Morgan fingerprint density at radius 2 is 1.36 bits per heavy atom. The third-order valence-corrected chi connectivity index (χ3v) is 5.48. The van der Waals surface area contributed by atoms with Crippen LogP contribution in [-0.2, 0) is 11.2 Å². The lowest BCUT2D eigenvalue weighted by Crippen LogP contribution is -2.09. The number of hydrogen-bond acceptors (Lipinski definition) is 7. The Morgan fingerprint density at radius 3 is 1.79 bits per heavy atom. The third-order valence-electron chi connectivity index (χ3n) is 5.48. The Balaban J connectivity index is 0.000000338. The van der Waals surface area contributed by atoms with Crippen molar-refractivity contribution in [2.75, 3.05) is 0 Å². The van der Waals surface area contributed by atoms with Crippen molar-refractivity contribution in [2.45, 2.75) is 52.9 Å². The molecule has 0 aliphatic rings. The van der Waals surface area contributed by atoms with E-state index < -0.39 is 32.9 Å². The lowest BCUT2D eigenvalue weighted by molar-refractivity contribution is -0.395. The molecular formula is C30H34N2O7. The summed E-state index contributed by atoms with van der Waals surface area (Å²) in [6.07, 6.45) is 6.77. The van der Waals surface area contributed by atoms with E-state index in [1.54, 1.807) is 6.92 Å². The first-order chi connectivity index (χ1) is 18.7. The Labute approximate surface area is 228 Å². The van der Waals surface area contributed by atoms with Gasteiger partial charge in [-0.1, -0.05) is 75.6 Å². The summed E-state index contributed by atoms with van der Waals surface area (Å²) in [5.74, 6) is 0.817. The summed E-state index contributed by atoms with van der Waals surface area (Å²) in [4.78, 5) is 32.7. The first-order valence-electron chi connectivity index (χ1n) is 12.8. The molecule has 0 spiro atoms. The first kappa shape index (κ1) is 30.7. The van der Waals surface area contributed by atoms with Crippen molar-refractivity contribution in [1.29, 1.82) is 0 Å². The van der Waals surface area contributed by atoms with E-state index in [0.29, 0.717) is 17.9 Å². The molecule has 0 bridgehead atoms. The van der Waals surface area contributed by atoms with E-state index in [-0.39, 0.29) is 0 Å². The van der Waals surface area contributed by atoms with Crippen molar-refractivity contribution in [3.63, 3.8) is 0 Å². The molecule has 0 radical (unpaired) electrons. The fraction of sp³-hybridized carbons (Fsp3) is 0.300. The lowest BCUT2D eigenvalue weighted by atomic mass is 10.0. The van der Waals surface area contributed by atoms with Crippen LogP contribution in [0.2, 0.25) is 0 Å². The number of hydrogen-bond donors (Lipinski definition) is 0. The van der Waals surface area contributed by atoms with Gasteiger partial charge in [0, 0.05) is 18.2 Å². The highest BCUT2D eigenvalue weighted by atomic mass is 16.6. The topological polar surface area (TPSA) is 122 Å². The van der Waals surface area contributed by atoms with Crippen LogP contribution in [0, 0.1) is 26.1 Å². The van der Waals surface area contributed by atoms with Gasteiger partial charge in [0.25, 0.3) is 5.75 Å². The Hall–Kier alpha value is -4.53. The number of unbranched alkanes of at least 4 members (excludes halogenated alkanes) is 2. The van der Waals surface area contributed by atoms with E-state index in [4.69, 9.17) is 9.47 Å².